The van der Waals surface area contributed by atoms with Crippen LogP contribution in [0.5, 0.6) is 0 Å². The third-order valence-corrected chi connectivity index (χ3v) is 2.59. The van der Waals surface area contributed by atoms with Gasteiger partial charge in [-0.05, 0) is 0 Å². The number of aliphatic hydroxyl groups is 2. The van der Waals surface area contributed by atoms with E-state index in [9.17, 15) is 19.1 Å². The number of H-pyrrole nitrogens is 1. The van der Waals surface area contributed by atoms with E-state index in [0.29, 0.717) is 0 Å². The molecule has 0 aromatic carbocycles. The van der Waals surface area contributed by atoms with Gasteiger partial charge in [-0.1, -0.05) is 0 Å². The zero-order chi connectivity index (χ0) is 12.6. The van der Waals surface area contributed by atoms with Gasteiger partial charge in [0.2, 0.25) is 0 Å². The standard InChI is InChI=1S/C9H11FN2O5/c10-6-4(3-13)17-8(7(6)15)12-2-1-5(14)11-9(12)16/h1-2,4,6-8,13,15H,3H2,(H,11,14,16)/t4-,6-,7-,8-/m0/s1. The second-order valence-electron chi connectivity index (χ2n) is 3.70. The SMILES string of the molecule is O=c1ccn([C@H]2O[C@@H](CO)[C@H](F)[C@@H]2O)c(=O)[nH]1. The molecule has 0 saturated carbocycles. The van der Waals surface area contributed by atoms with Crippen molar-refractivity contribution in [3.05, 3.63) is 33.1 Å². The molecule has 17 heavy (non-hydrogen) atoms. The normalized spacial score (nSPS) is 32.9. The van der Waals surface area contributed by atoms with Crippen LogP contribution in [0.3, 0.4) is 0 Å². The van der Waals surface area contributed by atoms with Crippen LogP contribution in [0.15, 0.2) is 21.9 Å². The van der Waals surface area contributed by atoms with Crippen LogP contribution in [0.4, 0.5) is 4.39 Å². The molecule has 0 aliphatic carbocycles. The van der Waals surface area contributed by atoms with Crippen molar-refractivity contribution in [2.24, 2.45) is 0 Å². The second-order valence-corrected chi connectivity index (χ2v) is 3.70. The number of rotatable bonds is 2. The highest BCUT2D eigenvalue weighted by atomic mass is 19.1. The summed E-state index contributed by atoms with van der Waals surface area (Å²) in [6.45, 7) is -0.604. The fraction of sp³-hybridized carbons (Fsp3) is 0.556. The lowest BCUT2D eigenvalue weighted by atomic mass is 10.1. The number of aliphatic hydroxyl groups excluding tert-OH is 2. The van der Waals surface area contributed by atoms with E-state index in [4.69, 9.17) is 9.84 Å². The van der Waals surface area contributed by atoms with Crippen molar-refractivity contribution in [2.45, 2.75) is 24.6 Å². The minimum absolute atomic E-state index is 0.603. The first-order chi connectivity index (χ1) is 8.04. The van der Waals surface area contributed by atoms with Gasteiger partial charge in [-0.3, -0.25) is 14.3 Å². The summed E-state index contributed by atoms with van der Waals surface area (Å²) in [5, 5.41) is 18.4. The summed E-state index contributed by atoms with van der Waals surface area (Å²) in [5.74, 6) is 0. The number of nitrogens with one attached hydrogen (secondary N) is 1. The number of halogens is 1. The largest absolute Gasteiger partial charge is 0.394 e. The molecule has 1 saturated heterocycles. The maximum Gasteiger partial charge on any atom is 0.330 e. The summed E-state index contributed by atoms with van der Waals surface area (Å²) < 4.78 is 19.3. The van der Waals surface area contributed by atoms with Gasteiger partial charge in [0.05, 0.1) is 6.61 Å². The lowest BCUT2D eigenvalue weighted by Crippen LogP contribution is -2.36. The summed E-state index contributed by atoms with van der Waals surface area (Å²) in [7, 11) is 0. The predicted molar refractivity (Wildman–Crippen MR) is 53.2 cm³/mol. The molecule has 1 aliphatic rings. The van der Waals surface area contributed by atoms with Gasteiger partial charge in [0.15, 0.2) is 12.4 Å². The Morgan fingerprint density at radius 2 is 2.24 bits per heavy atom. The highest BCUT2D eigenvalue weighted by molar-refractivity contribution is 4.93. The van der Waals surface area contributed by atoms with Crippen LogP contribution < -0.4 is 11.2 Å². The molecule has 94 valence electrons. The van der Waals surface area contributed by atoms with Crippen LogP contribution in [0.2, 0.25) is 0 Å². The van der Waals surface area contributed by atoms with Gasteiger partial charge in [0, 0.05) is 12.3 Å². The molecule has 0 amide bonds. The number of alkyl halides is 1. The number of nitrogens with zero attached hydrogens (tertiary/aromatic N) is 1. The molecule has 2 rings (SSSR count). The summed E-state index contributed by atoms with van der Waals surface area (Å²) in [4.78, 5) is 24.2. The van der Waals surface area contributed by atoms with Crippen LogP contribution >= 0.6 is 0 Å². The van der Waals surface area contributed by atoms with Gasteiger partial charge >= 0.3 is 5.69 Å². The van der Waals surface area contributed by atoms with Crippen LogP contribution in [-0.2, 0) is 4.74 Å². The third kappa shape index (κ3) is 2.02. The average Bonchev–Trinajstić information content (AvgIpc) is 2.57. The number of hydrogen-bond acceptors (Lipinski definition) is 5. The molecule has 0 radical (unpaired) electrons. The van der Waals surface area contributed by atoms with Crippen molar-refractivity contribution in [1.82, 2.24) is 9.55 Å². The molecule has 1 fully saturated rings. The average molecular weight is 246 g/mol. The zero-order valence-electron chi connectivity index (χ0n) is 8.62. The van der Waals surface area contributed by atoms with Crippen LogP contribution in [0, 0.1) is 0 Å². The topological polar surface area (TPSA) is 105 Å². The van der Waals surface area contributed by atoms with E-state index in [1.54, 1.807) is 0 Å². The van der Waals surface area contributed by atoms with E-state index >= 15 is 0 Å². The third-order valence-electron chi connectivity index (χ3n) is 2.59. The molecule has 4 atom stereocenters. The molecular weight excluding hydrogens is 235 g/mol. The van der Waals surface area contributed by atoms with E-state index < -0.39 is 42.5 Å². The Kier molecular flexibility index (Phi) is 3.09. The molecular formula is C9H11FN2O5. The Bertz CT molecular complexity index is 513. The zero-order valence-corrected chi connectivity index (χ0v) is 8.62. The van der Waals surface area contributed by atoms with E-state index in [1.807, 2.05) is 4.98 Å². The molecule has 2 heterocycles. The Hall–Kier alpha value is -1.51. The van der Waals surface area contributed by atoms with Gasteiger partial charge in [-0.2, -0.15) is 0 Å². The molecule has 1 aliphatic heterocycles. The maximum atomic E-state index is 13.4. The summed E-state index contributed by atoms with van der Waals surface area (Å²) in [6, 6.07) is 1.05. The van der Waals surface area contributed by atoms with Crippen molar-refractivity contribution >= 4 is 0 Å². The van der Waals surface area contributed by atoms with Crippen LogP contribution in [0.1, 0.15) is 6.23 Å². The van der Waals surface area contributed by atoms with Crippen LogP contribution in [-0.4, -0.2) is 44.8 Å². The smallest absolute Gasteiger partial charge is 0.330 e. The molecule has 1 aromatic heterocycles. The molecule has 7 nitrogen and oxygen atoms in total. The van der Waals surface area contributed by atoms with Crippen molar-refractivity contribution in [2.75, 3.05) is 6.61 Å². The molecule has 0 bridgehead atoms. The Balaban J connectivity index is 2.35. The maximum absolute atomic E-state index is 13.4. The number of hydrogen-bond donors (Lipinski definition) is 3. The quantitative estimate of drug-likeness (QED) is 0.567. The highest BCUT2D eigenvalue weighted by Gasteiger charge is 2.45. The fourth-order valence-corrected chi connectivity index (χ4v) is 1.71. The Morgan fingerprint density at radius 1 is 1.53 bits per heavy atom. The minimum Gasteiger partial charge on any atom is -0.394 e. The highest BCUT2D eigenvalue weighted by Crippen LogP contribution is 2.29. The Labute approximate surface area is 94.1 Å². The summed E-state index contributed by atoms with van der Waals surface area (Å²) >= 11 is 0. The van der Waals surface area contributed by atoms with Crippen molar-refractivity contribution in [3.8, 4) is 0 Å². The fourth-order valence-electron chi connectivity index (χ4n) is 1.71. The first kappa shape index (κ1) is 12.0. The van der Waals surface area contributed by atoms with E-state index in [2.05, 4.69) is 0 Å². The lowest BCUT2D eigenvalue weighted by Gasteiger charge is -2.16. The van der Waals surface area contributed by atoms with E-state index in [1.165, 1.54) is 0 Å². The van der Waals surface area contributed by atoms with Gasteiger partial charge in [0.25, 0.3) is 5.56 Å². The summed E-state index contributed by atoms with van der Waals surface area (Å²) in [5.41, 5.74) is -1.42. The Morgan fingerprint density at radius 3 is 2.76 bits per heavy atom. The number of ether oxygens (including phenoxy) is 1. The molecule has 0 unspecified atom stereocenters. The summed E-state index contributed by atoms with van der Waals surface area (Å²) in [6.07, 6.45) is -4.71. The van der Waals surface area contributed by atoms with Crippen LogP contribution in [0.25, 0.3) is 0 Å². The van der Waals surface area contributed by atoms with Gasteiger partial charge in [0.1, 0.15) is 12.2 Å². The number of aromatic nitrogens is 2. The minimum atomic E-state index is -1.79. The molecule has 3 N–H and O–H groups in total. The van der Waals surface area contributed by atoms with Crippen molar-refractivity contribution < 1.29 is 19.3 Å². The molecule has 8 heteroatoms. The van der Waals surface area contributed by atoms with Gasteiger partial charge in [-0.15, -0.1) is 0 Å². The number of aromatic amines is 1. The molecule has 0 spiro atoms. The van der Waals surface area contributed by atoms with E-state index in [0.717, 1.165) is 16.8 Å². The van der Waals surface area contributed by atoms with Crippen molar-refractivity contribution in [3.63, 3.8) is 0 Å². The lowest BCUT2D eigenvalue weighted by molar-refractivity contribution is -0.0537. The molecule has 1 aromatic rings. The first-order valence-electron chi connectivity index (χ1n) is 4.94. The van der Waals surface area contributed by atoms with Gasteiger partial charge < -0.3 is 14.9 Å². The van der Waals surface area contributed by atoms with E-state index in [-0.39, 0.29) is 0 Å². The predicted octanol–water partition coefficient (Wildman–Crippen LogP) is -1.87. The monoisotopic (exact) mass is 246 g/mol. The van der Waals surface area contributed by atoms with Crippen molar-refractivity contribution in [1.29, 1.82) is 0 Å². The van der Waals surface area contributed by atoms with Gasteiger partial charge in [-0.25, -0.2) is 9.18 Å². The second kappa shape index (κ2) is 4.40. The first-order valence-corrected chi connectivity index (χ1v) is 4.94.